The number of rotatable bonds is 7. The summed E-state index contributed by atoms with van der Waals surface area (Å²) >= 11 is 0. The Balaban J connectivity index is 1.84. The van der Waals surface area contributed by atoms with Crippen LogP contribution in [0.25, 0.3) is 0 Å². The third-order valence-corrected chi connectivity index (χ3v) is 3.41. The SMILES string of the molecule is CN(CCN1CCCC1)c1cc(NCCO)ncn1. The zero-order chi connectivity index (χ0) is 13.5. The number of nitrogens with one attached hydrogen (secondary N) is 1. The van der Waals surface area contributed by atoms with Gasteiger partial charge in [-0.05, 0) is 25.9 Å². The van der Waals surface area contributed by atoms with Gasteiger partial charge in [0, 0.05) is 32.7 Å². The summed E-state index contributed by atoms with van der Waals surface area (Å²) < 4.78 is 0. The lowest BCUT2D eigenvalue weighted by Gasteiger charge is -2.22. The van der Waals surface area contributed by atoms with E-state index in [2.05, 4.69) is 25.1 Å². The standard InChI is InChI=1S/C13H23N5O/c1-17(7-8-18-5-2-3-6-18)13-10-12(14-4-9-19)15-11-16-13/h10-11,19H,2-9H2,1H3,(H,14,15,16). The normalized spacial score (nSPS) is 15.7. The molecule has 0 amide bonds. The summed E-state index contributed by atoms with van der Waals surface area (Å²) in [4.78, 5) is 13.0. The van der Waals surface area contributed by atoms with E-state index in [-0.39, 0.29) is 6.61 Å². The fourth-order valence-corrected chi connectivity index (χ4v) is 2.25. The number of aromatic nitrogens is 2. The maximum atomic E-state index is 8.79. The highest BCUT2D eigenvalue weighted by Gasteiger charge is 2.12. The van der Waals surface area contributed by atoms with Crippen LogP contribution in [0.15, 0.2) is 12.4 Å². The summed E-state index contributed by atoms with van der Waals surface area (Å²) in [7, 11) is 2.05. The molecule has 2 heterocycles. The van der Waals surface area contributed by atoms with Crippen LogP contribution in [-0.2, 0) is 0 Å². The third kappa shape index (κ3) is 4.33. The second kappa shape index (κ2) is 7.25. The van der Waals surface area contributed by atoms with Crippen molar-refractivity contribution in [2.45, 2.75) is 12.8 Å². The van der Waals surface area contributed by atoms with E-state index in [0.29, 0.717) is 6.54 Å². The molecule has 1 aliphatic rings. The Kier molecular flexibility index (Phi) is 5.35. The van der Waals surface area contributed by atoms with Gasteiger partial charge >= 0.3 is 0 Å². The van der Waals surface area contributed by atoms with Crippen LogP contribution >= 0.6 is 0 Å². The van der Waals surface area contributed by atoms with Gasteiger partial charge in [-0.15, -0.1) is 0 Å². The van der Waals surface area contributed by atoms with Crippen molar-refractivity contribution in [3.05, 3.63) is 12.4 Å². The van der Waals surface area contributed by atoms with Crippen molar-refractivity contribution in [3.8, 4) is 0 Å². The minimum Gasteiger partial charge on any atom is -0.395 e. The summed E-state index contributed by atoms with van der Waals surface area (Å²) in [5.41, 5.74) is 0. The minimum atomic E-state index is 0.101. The summed E-state index contributed by atoms with van der Waals surface area (Å²) in [6.45, 7) is 5.11. The van der Waals surface area contributed by atoms with Crippen molar-refractivity contribution in [2.24, 2.45) is 0 Å². The Morgan fingerprint density at radius 1 is 1.37 bits per heavy atom. The predicted molar refractivity (Wildman–Crippen MR) is 76.6 cm³/mol. The number of aliphatic hydroxyl groups excluding tert-OH is 1. The molecule has 0 radical (unpaired) electrons. The Labute approximate surface area is 114 Å². The van der Waals surface area contributed by atoms with Crippen molar-refractivity contribution < 1.29 is 5.11 Å². The van der Waals surface area contributed by atoms with Crippen LogP contribution in [0, 0.1) is 0 Å². The maximum Gasteiger partial charge on any atom is 0.133 e. The molecule has 0 bridgehead atoms. The molecule has 0 unspecified atom stereocenters. The Morgan fingerprint density at radius 2 is 2.16 bits per heavy atom. The Morgan fingerprint density at radius 3 is 2.89 bits per heavy atom. The van der Waals surface area contributed by atoms with Crippen LogP contribution in [0.4, 0.5) is 11.6 Å². The minimum absolute atomic E-state index is 0.101. The molecule has 2 rings (SSSR count). The second-order valence-corrected chi connectivity index (χ2v) is 4.88. The molecule has 0 atom stereocenters. The lowest BCUT2D eigenvalue weighted by atomic mass is 10.4. The van der Waals surface area contributed by atoms with Gasteiger partial charge in [0.1, 0.15) is 18.0 Å². The Bertz CT molecular complexity index is 381. The van der Waals surface area contributed by atoms with Gasteiger partial charge in [0.2, 0.25) is 0 Å². The van der Waals surface area contributed by atoms with Gasteiger partial charge in [0.25, 0.3) is 0 Å². The van der Waals surface area contributed by atoms with Crippen molar-refractivity contribution >= 4 is 11.6 Å². The first kappa shape index (κ1) is 14.0. The van der Waals surface area contributed by atoms with E-state index in [1.807, 2.05) is 13.1 Å². The number of anilines is 2. The molecule has 6 nitrogen and oxygen atoms in total. The van der Waals surface area contributed by atoms with Gasteiger partial charge in [-0.1, -0.05) is 0 Å². The number of likely N-dealkylation sites (tertiary alicyclic amines) is 1. The first-order chi connectivity index (χ1) is 9.29. The molecule has 106 valence electrons. The van der Waals surface area contributed by atoms with Gasteiger partial charge in [0.15, 0.2) is 0 Å². The number of hydrogen-bond donors (Lipinski definition) is 2. The number of likely N-dealkylation sites (N-methyl/N-ethyl adjacent to an activating group) is 1. The van der Waals surface area contributed by atoms with Gasteiger partial charge in [0.05, 0.1) is 6.61 Å². The molecule has 0 aliphatic carbocycles. The van der Waals surface area contributed by atoms with Crippen LogP contribution in [-0.4, -0.2) is 66.4 Å². The van der Waals surface area contributed by atoms with Crippen LogP contribution < -0.4 is 10.2 Å². The largest absolute Gasteiger partial charge is 0.395 e. The molecular weight excluding hydrogens is 242 g/mol. The van der Waals surface area contributed by atoms with Gasteiger partial charge < -0.3 is 20.2 Å². The average Bonchev–Trinajstić information content (AvgIpc) is 2.96. The number of aliphatic hydroxyl groups is 1. The van der Waals surface area contributed by atoms with Crippen molar-refractivity contribution in [2.75, 3.05) is 56.6 Å². The highest BCUT2D eigenvalue weighted by Crippen LogP contribution is 2.13. The van der Waals surface area contributed by atoms with Gasteiger partial charge in [-0.25, -0.2) is 9.97 Å². The molecule has 0 spiro atoms. The highest BCUT2D eigenvalue weighted by molar-refractivity contribution is 5.47. The number of hydrogen-bond acceptors (Lipinski definition) is 6. The van der Waals surface area contributed by atoms with E-state index >= 15 is 0 Å². The van der Waals surface area contributed by atoms with Gasteiger partial charge in [-0.2, -0.15) is 0 Å². The highest BCUT2D eigenvalue weighted by atomic mass is 16.3. The second-order valence-electron chi connectivity index (χ2n) is 4.88. The van der Waals surface area contributed by atoms with Crippen molar-refractivity contribution in [1.82, 2.24) is 14.9 Å². The van der Waals surface area contributed by atoms with Crippen LogP contribution in [0.5, 0.6) is 0 Å². The van der Waals surface area contributed by atoms with Crippen molar-refractivity contribution in [3.63, 3.8) is 0 Å². The van der Waals surface area contributed by atoms with E-state index in [1.165, 1.54) is 25.9 Å². The first-order valence-electron chi connectivity index (χ1n) is 6.90. The maximum absolute atomic E-state index is 8.79. The lowest BCUT2D eigenvalue weighted by molar-refractivity contribution is 0.311. The third-order valence-electron chi connectivity index (χ3n) is 3.41. The van der Waals surface area contributed by atoms with Gasteiger partial charge in [-0.3, -0.25) is 0 Å². The van der Waals surface area contributed by atoms with E-state index in [4.69, 9.17) is 5.11 Å². The fraction of sp³-hybridized carbons (Fsp3) is 0.692. The lowest BCUT2D eigenvalue weighted by Crippen LogP contribution is -2.31. The van der Waals surface area contributed by atoms with E-state index < -0.39 is 0 Å². The zero-order valence-corrected chi connectivity index (χ0v) is 11.5. The van der Waals surface area contributed by atoms with Crippen LogP contribution in [0.1, 0.15) is 12.8 Å². The molecule has 1 aliphatic heterocycles. The molecule has 1 saturated heterocycles. The monoisotopic (exact) mass is 265 g/mol. The summed E-state index contributed by atoms with van der Waals surface area (Å²) in [6.07, 6.45) is 4.21. The summed E-state index contributed by atoms with van der Waals surface area (Å²) in [5, 5.41) is 11.8. The summed E-state index contributed by atoms with van der Waals surface area (Å²) in [5.74, 6) is 1.67. The van der Waals surface area contributed by atoms with E-state index in [0.717, 1.165) is 24.7 Å². The van der Waals surface area contributed by atoms with Crippen molar-refractivity contribution in [1.29, 1.82) is 0 Å². The smallest absolute Gasteiger partial charge is 0.133 e. The average molecular weight is 265 g/mol. The van der Waals surface area contributed by atoms with E-state index in [1.54, 1.807) is 6.33 Å². The molecule has 19 heavy (non-hydrogen) atoms. The molecule has 6 heteroatoms. The molecule has 1 aromatic heterocycles. The number of nitrogens with zero attached hydrogens (tertiary/aromatic N) is 4. The van der Waals surface area contributed by atoms with E-state index in [9.17, 15) is 0 Å². The quantitative estimate of drug-likeness (QED) is 0.744. The van der Waals surface area contributed by atoms with Crippen LogP contribution in [0.2, 0.25) is 0 Å². The molecule has 0 aromatic carbocycles. The fourth-order valence-electron chi connectivity index (χ4n) is 2.25. The molecule has 0 saturated carbocycles. The Hall–Kier alpha value is -1.40. The summed E-state index contributed by atoms with van der Waals surface area (Å²) in [6, 6.07) is 1.92. The molecule has 1 aromatic rings. The molecular formula is C13H23N5O. The predicted octanol–water partition coefficient (Wildman–Crippen LogP) is 0.413. The molecule has 2 N–H and O–H groups in total. The molecule has 1 fully saturated rings. The zero-order valence-electron chi connectivity index (χ0n) is 11.5. The topological polar surface area (TPSA) is 64.5 Å². The van der Waals surface area contributed by atoms with Crippen LogP contribution in [0.3, 0.4) is 0 Å². The first-order valence-corrected chi connectivity index (χ1v) is 6.90.